The molecular formula is C12H15NO2. The number of para-hydroxylation sites is 1. The Balaban J connectivity index is 2.30. The van der Waals surface area contributed by atoms with Gasteiger partial charge in [0.1, 0.15) is 11.4 Å². The molecule has 0 atom stereocenters. The molecule has 1 aromatic carbocycles. The summed E-state index contributed by atoms with van der Waals surface area (Å²) in [5.74, 6) is 0.486. The van der Waals surface area contributed by atoms with Crippen LogP contribution in [0, 0.1) is 4.91 Å². The van der Waals surface area contributed by atoms with E-state index in [0.717, 1.165) is 18.4 Å². The van der Waals surface area contributed by atoms with Crippen molar-refractivity contribution in [2.75, 3.05) is 0 Å². The van der Waals surface area contributed by atoms with E-state index in [1.165, 1.54) is 19.3 Å². The molecule has 0 heterocycles. The first-order valence-corrected chi connectivity index (χ1v) is 5.48. The third kappa shape index (κ3) is 2.01. The fraction of sp³-hybridized carbons (Fsp3) is 0.500. The molecule has 0 spiro atoms. The molecule has 0 amide bonds. The van der Waals surface area contributed by atoms with Crippen molar-refractivity contribution in [3.05, 3.63) is 28.7 Å². The zero-order valence-corrected chi connectivity index (χ0v) is 8.65. The van der Waals surface area contributed by atoms with Gasteiger partial charge in [-0.2, -0.15) is 0 Å². The Morgan fingerprint density at radius 3 is 2.60 bits per heavy atom. The molecule has 0 unspecified atom stereocenters. The van der Waals surface area contributed by atoms with E-state index >= 15 is 0 Å². The van der Waals surface area contributed by atoms with Gasteiger partial charge in [-0.15, -0.1) is 4.91 Å². The average Bonchev–Trinajstić information content (AvgIpc) is 2.30. The molecule has 2 rings (SSSR count). The number of nitrogens with zero attached hydrogens (tertiary/aromatic N) is 1. The smallest absolute Gasteiger partial charge is 0.149 e. The highest BCUT2D eigenvalue weighted by Crippen LogP contribution is 2.40. The fourth-order valence-electron chi connectivity index (χ4n) is 2.37. The van der Waals surface area contributed by atoms with Gasteiger partial charge in [0.25, 0.3) is 0 Å². The van der Waals surface area contributed by atoms with Crippen molar-refractivity contribution in [2.24, 2.45) is 5.18 Å². The van der Waals surface area contributed by atoms with Gasteiger partial charge in [-0.25, -0.2) is 0 Å². The molecule has 1 fully saturated rings. The van der Waals surface area contributed by atoms with Crippen LogP contribution in [0.2, 0.25) is 0 Å². The Labute approximate surface area is 89.1 Å². The topological polar surface area (TPSA) is 49.7 Å². The molecule has 0 radical (unpaired) electrons. The predicted molar refractivity (Wildman–Crippen MR) is 59.4 cm³/mol. The van der Waals surface area contributed by atoms with Crippen molar-refractivity contribution in [1.82, 2.24) is 0 Å². The van der Waals surface area contributed by atoms with E-state index in [9.17, 15) is 10.0 Å². The molecule has 0 aromatic heterocycles. The molecule has 80 valence electrons. The highest BCUT2D eigenvalue weighted by atomic mass is 16.3. The normalized spacial score (nSPS) is 17.6. The van der Waals surface area contributed by atoms with Crippen molar-refractivity contribution in [1.29, 1.82) is 0 Å². The number of rotatable bonds is 2. The number of nitroso groups, excluding NO2 is 1. The predicted octanol–water partition coefficient (Wildman–Crippen LogP) is 3.84. The van der Waals surface area contributed by atoms with Crippen LogP contribution < -0.4 is 0 Å². The molecule has 3 heteroatoms. The van der Waals surface area contributed by atoms with Crippen LogP contribution in [-0.4, -0.2) is 5.11 Å². The number of hydrogen-bond donors (Lipinski definition) is 1. The standard InChI is InChI=1S/C12H15NO2/c14-12-10(7-4-8-11(12)13-15)9-5-2-1-3-6-9/h4,7-9,14H,1-3,5-6H2. The third-order valence-corrected chi connectivity index (χ3v) is 3.19. The first-order chi connectivity index (χ1) is 7.33. The quantitative estimate of drug-likeness (QED) is 0.746. The highest BCUT2D eigenvalue weighted by Gasteiger charge is 2.19. The highest BCUT2D eigenvalue weighted by molar-refractivity contribution is 5.56. The van der Waals surface area contributed by atoms with Gasteiger partial charge < -0.3 is 5.11 Å². The SMILES string of the molecule is O=Nc1cccc(C2CCCCC2)c1O. The third-order valence-electron chi connectivity index (χ3n) is 3.19. The molecule has 1 aromatic rings. The van der Waals surface area contributed by atoms with Gasteiger partial charge in [0, 0.05) is 0 Å². The van der Waals surface area contributed by atoms with Gasteiger partial charge >= 0.3 is 0 Å². The monoisotopic (exact) mass is 205 g/mol. The van der Waals surface area contributed by atoms with E-state index in [0.29, 0.717) is 5.92 Å². The summed E-state index contributed by atoms with van der Waals surface area (Å²) >= 11 is 0. The lowest BCUT2D eigenvalue weighted by molar-refractivity contribution is 0.415. The molecule has 0 saturated heterocycles. The Kier molecular flexibility index (Phi) is 2.99. The summed E-state index contributed by atoms with van der Waals surface area (Å²) in [6.07, 6.45) is 5.92. The van der Waals surface area contributed by atoms with Crippen LogP contribution >= 0.6 is 0 Å². The van der Waals surface area contributed by atoms with Crippen LogP contribution in [0.3, 0.4) is 0 Å². The summed E-state index contributed by atoms with van der Waals surface area (Å²) in [6.45, 7) is 0. The second-order valence-corrected chi connectivity index (χ2v) is 4.14. The van der Waals surface area contributed by atoms with Crippen LogP contribution in [0.4, 0.5) is 5.69 Å². The lowest BCUT2D eigenvalue weighted by Crippen LogP contribution is -2.04. The minimum atomic E-state index is 0.0828. The van der Waals surface area contributed by atoms with Gasteiger partial charge in [-0.05, 0) is 35.6 Å². The van der Waals surface area contributed by atoms with Crippen LogP contribution in [0.25, 0.3) is 0 Å². The second-order valence-electron chi connectivity index (χ2n) is 4.14. The van der Waals surface area contributed by atoms with Crippen molar-refractivity contribution in [2.45, 2.75) is 38.0 Å². The van der Waals surface area contributed by atoms with E-state index in [1.807, 2.05) is 6.07 Å². The zero-order valence-electron chi connectivity index (χ0n) is 8.65. The van der Waals surface area contributed by atoms with Crippen LogP contribution in [0.15, 0.2) is 23.4 Å². The molecule has 1 aliphatic carbocycles. The van der Waals surface area contributed by atoms with E-state index in [1.54, 1.807) is 12.1 Å². The molecule has 1 N–H and O–H groups in total. The largest absolute Gasteiger partial charge is 0.505 e. The van der Waals surface area contributed by atoms with Crippen molar-refractivity contribution in [3.8, 4) is 5.75 Å². The minimum Gasteiger partial charge on any atom is -0.505 e. The number of benzene rings is 1. The van der Waals surface area contributed by atoms with Gasteiger partial charge in [0.2, 0.25) is 0 Å². The molecule has 3 nitrogen and oxygen atoms in total. The van der Waals surface area contributed by atoms with Crippen LogP contribution in [0.5, 0.6) is 5.75 Å². The zero-order chi connectivity index (χ0) is 10.7. The summed E-state index contributed by atoms with van der Waals surface area (Å²) in [5.41, 5.74) is 1.06. The molecule has 1 aliphatic rings. The maximum absolute atomic E-state index is 10.5. The summed E-state index contributed by atoms with van der Waals surface area (Å²) in [6, 6.07) is 5.25. The van der Waals surface area contributed by atoms with Gasteiger partial charge in [-0.3, -0.25) is 0 Å². The van der Waals surface area contributed by atoms with E-state index in [-0.39, 0.29) is 11.4 Å². The number of hydrogen-bond acceptors (Lipinski definition) is 3. The van der Waals surface area contributed by atoms with Crippen LogP contribution in [-0.2, 0) is 0 Å². The number of phenols is 1. The van der Waals surface area contributed by atoms with E-state index in [4.69, 9.17) is 0 Å². The Hall–Kier alpha value is -1.38. The maximum Gasteiger partial charge on any atom is 0.149 e. The first kappa shape index (κ1) is 10.1. The summed E-state index contributed by atoms with van der Waals surface area (Å²) < 4.78 is 0. The summed E-state index contributed by atoms with van der Waals surface area (Å²) in [4.78, 5) is 10.5. The average molecular weight is 205 g/mol. The van der Waals surface area contributed by atoms with E-state index < -0.39 is 0 Å². The van der Waals surface area contributed by atoms with Gasteiger partial charge in [0.15, 0.2) is 0 Å². The lowest BCUT2D eigenvalue weighted by atomic mass is 9.83. The molecule has 1 saturated carbocycles. The number of aromatic hydroxyl groups is 1. The molecule has 15 heavy (non-hydrogen) atoms. The van der Waals surface area contributed by atoms with Gasteiger partial charge in [-0.1, -0.05) is 31.4 Å². The Bertz CT molecular complexity index is 357. The second kappa shape index (κ2) is 4.43. The van der Waals surface area contributed by atoms with Gasteiger partial charge in [0.05, 0.1) is 0 Å². The summed E-state index contributed by atoms with van der Waals surface area (Å²) in [7, 11) is 0. The van der Waals surface area contributed by atoms with Crippen LogP contribution in [0.1, 0.15) is 43.6 Å². The van der Waals surface area contributed by atoms with Crippen molar-refractivity contribution in [3.63, 3.8) is 0 Å². The molecular weight excluding hydrogens is 190 g/mol. The Morgan fingerprint density at radius 2 is 1.93 bits per heavy atom. The summed E-state index contributed by atoms with van der Waals surface area (Å²) in [5, 5.41) is 12.7. The maximum atomic E-state index is 10.5. The molecule has 0 bridgehead atoms. The minimum absolute atomic E-state index is 0.0828. The van der Waals surface area contributed by atoms with Crippen molar-refractivity contribution >= 4 is 5.69 Å². The van der Waals surface area contributed by atoms with E-state index in [2.05, 4.69) is 5.18 Å². The lowest BCUT2D eigenvalue weighted by Gasteiger charge is -2.22. The Morgan fingerprint density at radius 1 is 1.20 bits per heavy atom. The first-order valence-electron chi connectivity index (χ1n) is 5.48. The van der Waals surface area contributed by atoms with Crippen molar-refractivity contribution < 1.29 is 5.11 Å². The number of phenolic OH excluding ortho intramolecular Hbond substituents is 1. The fourth-order valence-corrected chi connectivity index (χ4v) is 2.37. The molecule has 0 aliphatic heterocycles.